The van der Waals surface area contributed by atoms with Crippen LogP contribution in [0.5, 0.6) is 0 Å². The fraction of sp³-hybridized carbons (Fsp3) is 0.393. The molecule has 0 bridgehead atoms. The Morgan fingerprint density at radius 2 is 1.78 bits per heavy atom. The van der Waals surface area contributed by atoms with Crippen molar-refractivity contribution in [3.8, 4) is 11.3 Å². The van der Waals surface area contributed by atoms with Crippen molar-refractivity contribution in [3.05, 3.63) is 65.5 Å². The van der Waals surface area contributed by atoms with Gasteiger partial charge in [-0.25, -0.2) is 18.6 Å². The Bertz CT molecular complexity index is 1370. The van der Waals surface area contributed by atoms with Gasteiger partial charge in [0.25, 0.3) is 5.91 Å². The SMILES string of the molecule is Cn1cc(-c2nc(NCCc3cccc(F)c3)c(C(=O)NCCCNC(=O)CNC(=O)OC(C)(C)C)cc2F)cn1. The van der Waals surface area contributed by atoms with Crippen LogP contribution in [0.1, 0.15) is 43.1 Å². The number of ether oxygens (including phenoxy) is 1. The van der Waals surface area contributed by atoms with Gasteiger partial charge in [0, 0.05) is 38.4 Å². The molecule has 13 heteroatoms. The lowest BCUT2D eigenvalue weighted by molar-refractivity contribution is -0.120. The maximum absolute atomic E-state index is 15.0. The monoisotopic (exact) mass is 571 g/mol. The van der Waals surface area contributed by atoms with Crippen LogP contribution in [0.4, 0.5) is 19.4 Å². The molecule has 11 nitrogen and oxygen atoms in total. The van der Waals surface area contributed by atoms with E-state index in [9.17, 15) is 18.8 Å². The van der Waals surface area contributed by atoms with Crippen LogP contribution in [-0.2, 0) is 23.0 Å². The van der Waals surface area contributed by atoms with Crippen LogP contribution >= 0.6 is 0 Å². The number of nitrogens with zero attached hydrogens (tertiary/aromatic N) is 3. The van der Waals surface area contributed by atoms with Crippen LogP contribution in [-0.4, -0.2) is 64.5 Å². The van der Waals surface area contributed by atoms with E-state index in [2.05, 4.69) is 31.3 Å². The van der Waals surface area contributed by atoms with Crippen molar-refractivity contribution in [2.45, 2.75) is 39.2 Å². The quantitative estimate of drug-likeness (QED) is 0.245. The first kappa shape index (κ1) is 31.0. The highest BCUT2D eigenvalue weighted by atomic mass is 19.1. The van der Waals surface area contributed by atoms with Crippen molar-refractivity contribution in [2.75, 3.05) is 31.5 Å². The van der Waals surface area contributed by atoms with Crippen LogP contribution in [0.15, 0.2) is 42.7 Å². The number of hydrogen-bond donors (Lipinski definition) is 4. The first-order valence-corrected chi connectivity index (χ1v) is 13.1. The summed E-state index contributed by atoms with van der Waals surface area (Å²) in [5.41, 5.74) is 0.557. The molecular formula is C28H35F2N7O4. The fourth-order valence-electron chi connectivity index (χ4n) is 3.70. The minimum atomic E-state index is -0.698. The van der Waals surface area contributed by atoms with Crippen LogP contribution < -0.4 is 21.3 Å². The third-order valence-electron chi connectivity index (χ3n) is 5.55. The standard InChI is InChI=1S/C28H35F2N7O4/c1-28(2,3)41-27(40)34-16-23(38)31-10-6-11-33-26(39)21-14-22(30)24(19-15-35-37(4)17-19)36-25(21)32-12-9-18-7-5-8-20(29)13-18/h5,7-8,13-15,17H,6,9-12,16H2,1-4H3,(H,31,38)(H,32,36)(H,33,39)(H,34,40). The number of pyridine rings is 1. The number of nitrogens with one attached hydrogen (secondary N) is 4. The number of rotatable bonds is 12. The lowest BCUT2D eigenvalue weighted by Gasteiger charge is -2.19. The Hall–Kier alpha value is -4.55. The van der Waals surface area contributed by atoms with Gasteiger partial charge < -0.3 is 26.0 Å². The average Bonchev–Trinajstić information content (AvgIpc) is 3.32. The smallest absolute Gasteiger partial charge is 0.408 e. The van der Waals surface area contributed by atoms with Gasteiger partial charge in [0.2, 0.25) is 5.91 Å². The van der Waals surface area contributed by atoms with E-state index in [1.807, 2.05) is 0 Å². The molecule has 3 aromatic rings. The highest BCUT2D eigenvalue weighted by molar-refractivity contribution is 5.99. The number of benzene rings is 1. The van der Waals surface area contributed by atoms with E-state index in [4.69, 9.17) is 4.74 Å². The van der Waals surface area contributed by atoms with E-state index >= 15 is 4.39 Å². The molecule has 0 atom stereocenters. The van der Waals surface area contributed by atoms with E-state index in [0.717, 1.165) is 11.6 Å². The van der Waals surface area contributed by atoms with Crippen molar-refractivity contribution in [2.24, 2.45) is 7.05 Å². The molecule has 0 saturated carbocycles. The Kier molecular flexibility index (Phi) is 10.7. The molecular weight excluding hydrogens is 536 g/mol. The van der Waals surface area contributed by atoms with E-state index in [1.54, 1.807) is 46.1 Å². The molecule has 2 aromatic heterocycles. The van der Waals surface area contributed by atoms with Gasteiger partial charge in [0.05, 0.1) is 18.3 Å². The summed E-state index contributed by atoms with van der Waals surface area (Å²) in [5, 5.41) is 14.8. The van der Waals surface area contributed by atoms with Crippen LogP contribution in [0.2, 0.25) is 0 Å². The predicted molar refractivity (Wildman–Crippen MR) is 149 cm³/mol. The summed E-state index contributed by atoms with van der Waals surface area (Å²) in [6, 6.07) is 7.28. The van der Waals surface area contributed by atoms with Gasteiger partial charge in [-0.15, -0.1) is 0 Å². The zero-order valence-corrected chi connectivity index (χ0v) is 23.5. The van der Waals surface area contributed by atoms with E-state index in [1.165, 1.54) is 23.0 Å². The van der Waals surface area contributed by atoms with Crippen molar-refractivity contribution in [1.82, 2.24) is 30.7 Å². The third-order valence-corrected chi connectivity index (χ3v) is 5.55. The molecule has 0 saturated heterocycles. The highest BCUT2D eigenvalue weighted by Gasteiger charge is 2.20. The topological polar surface area (TPSA) is 139 Å². The maximum atomic E-state index is 15.0. The molecule has 0 fully saturated rings. The van der Waals surface area contributed by atoms with Crippen molar-refractivity contribution in [3.63, 3.8) is 0 Å². The normalized spacial score (nSPS) is 11.1. The second-order valence-corrected chi connectivity index (χ2v) is 10.2. The Labute approximate surface area is 237 Å². The zero-order valence-electron chi connectivity index (χ0n) is 23.5. The molecule has 0 aliphatic heterocycles. The molecule has 4 N–H and O–H groups in total. The van der Waals surface area contributed by atoms with Crippen molar-refractivity contribution in [1.29, 1.82) is 0 Å². The molecule has 0 spiro atoms. The van der Waals surface area contributed by atoms with Gasteiger partial charge in [-0.2, -0.15) is 5.10 Å². The second kappa shape index (κ2) is 14.2. The number of anilines is 1. The molecule has 0 aliphatic carbocycles. The highest BCUT2D eigenvalue weighted by Crippen LogP contribution is 2.25. The number of halogens is 2. The number of alkyl carbamates (subject to hydrolysis) is 1. The minimum absolute atomic E-state index is 0.0000196. The molecule has 41 heavy (non-hydrogen) atoms. The summed E-state index contributed by atoms with van der Waals surface area (Å²) < 4.78 is 35.2. The minimum Gasteiger partial charge on any atom is -0.444 e. The lowest BCUT2D eigenvalue weighted by atomic mass is 10.1. The van der Waals surface area contributed by atoms with Gasteiger partial charge >= 0.3 is 6.09 Å². The molecule has 1 aromatic carbocycles. The van der Waals surface area contributed by atoms with Crippen LogP contribution in [0, 0.1) is 11.6 Å². The molecule has 220 valence electrons. The van der Waals surface area contributed by atoms with Crippen LogP contribution in [0.25, 0.3) is 11.3 Å². The number of carbonyl (C=O) groups is 3. The summed E-state index contributed by atoms with van der Waals surface area (Å²) in [4.78, 5) is 40.9. The first-order valence-electron chi connectivity index (χ1n) is 13.1. The van der Waals surface area contributed by atoms with E-state index < -0.39 is 29.3 Å². The molecule has 0 aliphatic rings. The Morgan fingerprint density at radius 1 is 1.02 bits per heavy atom. The number of hydrogen-bond acceptors (Lipinski definition) is 7. The van der Waals surface area contributed by atoms with Crippen molar-refractivity contribution >= 4 is 23.7 Å². The third kappa shape index (κ3) is 10.2. The number of carbonyl (C=O) groups excluding carboxylic acids is 3. The predicted octanol–water partition coefficient (Wildman–Crippen LogP) is 3.18. The molecule has 0 unspecified atom stereocenters. The first-order chi connectivity index (χ1) is 19.4. The second-order valence-electron chi connectivity index (χ2n) is 10.2. The Morgan fingerprint density at radius 3 is 2.46 bits per heavy atom. The zero-order chi connectivity index (χ0) is 30.0. The number of aromatic nitrogens is 3. The lowest BCUT2D eigenvalue weighted by Crippen LogP contribution is -2.40. The fourth-order valence-corrected chi connectivity index (χ4v) is 3.70. The van der Waals surface area contributed by atoms with Gasteiger partial charge in [-0.3, -0.25) is 14.3 Å². The molecule has 3 rings (SSSR count). The summed E-state index contributed by atoms with van der Waals surface area (Å²) in [6.07, 6.45) is 3.21. The number of amides is 3. The Balaban J connectivity index is 1.57. The molecule has 0 radical (unpaired) electrons. The van der Waals surface area contributed by atoms with E-state index in [0.29, 0.717) is 24.9 Å². The molecule has 2 heterocycles. The molecule has 3 amide bonds. The summed E-state index contributed by atoms with van der Waals surface area (Å²) in [6.45, 7) is 5.64. The maximum Gasteiger partial charge on any atom is 0.408 e. The van der Waals surface area contributed by atoms with Gasteiger partial charge in [0.1, 0.15) is 22.9 Å². The van der Waals surface area contributed by atoms with Gasteiger partial charge in [0.15, 0.2) is 5.82 Å². The summed E-state index contributed by atoms with van der Waals surface area (Å²) >= 11 is 0. The number of aryl methyl sites for hydroxylation is 1. The van der Waals surface area contributed by atoms with Gasteiger partial charge in [-0.1, -0.05) is 12.1 Å². The average molecular weight is 572 g/mol. The van der Waals surface area contributed by atoms with Gasteiger partial charge in [-0.05, 0) is 57.4 Å². The van der Waals surface area contributed by atoms with Crippen molar-refractivity contribution < 1.29 is 27.9 Å². The van der Waals surface area contributed by atoms with E-state index in [-0.39, 0.29) is 42.5 Å². The summed E-state index contributed by atoms with van der Waals surface area (Å²) in [7, 11) is 1.70. The largest absolute Gasteiger partial charge is 0.444 e. The van der Waals surface area contributed by atoms with Crippen LogP contribution in [0.3, 0.4) is 0 Å². The summed E-state index contributed by atoms with van der Waals surface area (Å²) in [5.74, 6) is -1.84.